The van der Waals surface area contributed by atoms with Crippen molar-refractivity contribution in [3.8, 4) is 0 Å². The average molecular weight is 158 g/mol. The second-order valence-electron chi connectivity index (χ2n) is 3.21. The van der Waals surface area contributed by atoms with Gasteiger partial charge in [-0.2, -0.15) is 0 Å². The van der Waals surface area contributed by atoms with Crippen molar-refractivity contribution in [2.24, 2.45) is 17.8 Å². The standard InChI is InChI=1S/C7H12.C2H6.2CH4/c1-5-4-6-2-3-7(5)6;1-2;;/h5-7H,2-4H2,1H3;1-2H3;2*1H4. The van der Waals surface area contributed by atoms with Gasteiger partial charge >= 0.3 is 0 Å². The largest absolute Gasteiger partial charge is 0.0776 e. The summed E-state index contributed by atoms with van der Waals surface area (Å²) in [5, 5.41) is 0. The monoisotopic (exact) mass is 158 g/mol. The number of hydrogen-bond acceptors (Lipinski definition) is 0. The van der Waals surface area contributed by atoms with Crippen LogP contribution in [-0.4, -0.2) is 0 Å². The zero-order valence-electron chi connectivity index (χ0n) is 6.85. The van der Waals surface area contributed by atoms with Crippen LogP contribution in [0.3, 0.4) is 0 Å². The van der Waals surface area contributed by atoms with Gasteiger partial charge in [-0.15, -0.1) is 0 Å². The maximum Gasteiger partial charge on any atom is -0.0360 e. The van der Waals surface area contributed by atoms with Crippen LogP contribution >= 0.6 is 0 Å². The highest BCUT2D eigenvalue weighted by atomic mass is 14.5. The lowest BCUT2D eigenvalue weighted by Gasteiger charge is -2.51. The highest BCUT2D eigenvalue weighted by Crippen LogP contribution is 2.53. The van der Waals surface area contributed by atoms with Gasteiger partial charge in [0, 0.05) is 0 Å². The van der Waals surface area contributed by atoms with Crippen molar-refractivity contribution in [1.82, 2.24) is 0 Å². The molecule has 0 amide bonds. The Hall–Kier alpha value is 0. The van der Waals surface area contributed by atoms with E-state index >= 15 is 0 Å². The van der Waals surface area contributed by atoms with Crippen LogP contribution in [0.15, 0.2) is 0 Å². The topological polar surface area (TPSA) is 0 Å². The molecule has 0 saturated heterocycles. The third-order valence-electron chi connectivity index (χ3n) is 2.88. The Bertz CT molecular complexity index is 82.0. The van der Waals surface area contributed by atoms with Crippen LogP contribution < -0.4 is 0 Å². The molecule has 0 aromatic rings. The fourth-order valence-corrected chi connectivity index (χ4v) is 2.09. The minimum absolute atomic E-state index is 0. The summed E-state index contributed by atoms with van der Waals surface area (Å²) in [5.74, 6) is 3.47. The second kappa shape index (κ2) is 5.62. The highest BCUT2D eigenvalue weighted by Gasteiger charge is 2.43. The van der Waals surface area contributed by atoms with Crippen molar-refractivity contribution < 1.29 is 0 Å². The summed E-state index contributed by atoms with van der Waals surface area (Å²) in [6.07, 6.45) is 4.64. The first-order chi connectivity index (χ1) is 4.38. The first kappa shape index (κ1) is 13.6. The highest BCUT2D eigenvalue weighted by molar-refractivity contribution is 4.94. The maximum atomic E-state index is 2.39. The van der Waals surface area contributed by atoms with Gasteiger partial charge in [-0.1, -0.05) is 35.6 Å². The molecule has 0 radical (unpaired) electrons. The van der Waals surface area contributed by atoms with E-state index < -0.39 is 0 Å². The van der Waals surface area contributed by atoms with E-state index in [-0.39, 0.29) is 14.9 Å². The molecule has 3 unspecified atom stereocenters. The molecule has 0 heteroatoms. The predicted octanol–water partition coefficient (Wildman–Crippen LogP) is 4.35. The molecule has 11 heavy (non-hydrogen) atoms. The molecule has 2 aliphatic carbocycles. The Labute approximate surface area is 73.4 Å². The molecule has 0 spiro atoms. The zero-order chi connectivity index (χ0) is 6.85. The smallest absolute Gasteiger partial charge is 0.0360 e. The first-order valence-corrected chi connectivity index (χ1v) is 4.38. The zero-order valence-corrected chi connectivity index (χ0v) is 6.85. The predicted molar refractivity (Wildman–Crippen MR) is 54.8 cm³/mol. The van der Waals surface area contributed by atoms with E-state index in [0.29, 0.717) is 0 Å². The molecule has 0 aromatic heterocycles. The van der Waals surface area contributed by atoms with Crippen molar-refractivity contribution in [3.63, 3.8) is 0 Å². The van der Waals surface area contributed by atoms with Gasteiger partial charge in [0.25, 0.3) is 0 Å². The Morgan fingerprint density at radius 3 is 1.55 bits per heavy atom. The van der Waals surface area contributed by atoms with Gasteiger partial charge in [0.1, 0.15) is 0 Å². The third kappa shape index (κ3) is 2.21. The molecule has 2 fully saturated rings. The van der Waals surface area contributed by atoms with E-state index in [1.54, 1.807) is 19.3 Å². The van der Waals surface area contributed by atoms with Crippen molar-refractivity contribution in [2.75, 3.05) is 0 Å². The SMILES string of the molecule is C.C.CC.CC1CC2CCC12. The molecular formula is C11H26. The minimum Gasteiger partial charge on any atom is -0.0776 e. The molecule has 0 aromatic carbocycles. The van der Waals surface area contributed by atoms with Gasteiger partial charge in [0.05, 0.1) is 0 Å². The molecule has 0 nitrogen and oxygen atoms in total. The second-order valence-corrected chi connectivity index (χ2v) is 3.21. The van der Waals surface area contributed by atoms with Gasteiger partial charge in [-0.05, 0) is 37.0 Å². The molecular weight excluding hydrogens is 132 g/mol. The van der Waals surface area contributed by atoms with Gasteiger partial charge in [0.15, 0.2) is 0 Å². The lowest BCUT2D eigenvalue weighted by molar-refractivity contribution is -0.0138. The summed E-state index contributed by atoms with van der Waals surface area (Å²) in [5.41, 5.74) is 0. The Kier molecular flexibility index (Phi) is 6.94. The lowest BCUT2D eigenvalue weighted by Crippen LogP contribution is -2.42. The lowest BCUT2D eigenvalue weighted by atomic mass is 9.54. The molecule has 2 saturated carbocycles. The normalized spacial score (nSPS) is 36.8. The molecule has 2 aliphatic rings. The van der Waals surface area contributed by atoms with E-state index in [0.717, 1.165) is 5.92 Å². The first-order valence-electron chi connectivity index (χ1n) is 4.38. The number of rotatable bonds is 0. The summed E-state index contributed by atoms with van der Waals surface area (Å²) in [6.45, 7) is 6.39. The summed E-state index contributed by atoms with van der Waals surface area (Å²) < 4.78 is 0. The summed E-state index contributed by atoms with van der Waals surface area (Å²) >= 11 is 0. The molecule has 0 aliphatic heterocycles. The van der Waals surface area contributed by atoms with Crippen LogP contribution in [0.2, 0.25) is 0 Å². The molecule has 0 N–H and O–H groups in total. The summed E-state index contributed by atoms with van der Waals surface area (Å²) in [7, 11) is 0. The van der Waals surface area contributed by atoms with Gasteiger partial charge in [-0.3, -0.25) is 0 Å². The van der Waals surface area contributed by atoms with Crippen molar-refractivity contribution in [3.05, 3.63) is 0 Å². The molecule has 70 valence electrons. The van der Waals surface area contributed by atoms with Gasteiger partial charge in [0.2, 0.25) is 0 Å². The molecule has 0 heterocycles. The molecule has 0 bridgehead atoms. The minimum atomic E-state index is 0. The number of fused-ring (bicyclic) bond motifs is 1. The van der Waals surface area contributed by atoms with E-state index in [2.05, 4.69) is 6.92 Å². The van der Waals surface area contributed by atoms with Crippen LogP contribution in [0.4, 0.5) is 0 Å². The van der Waals surface area contributed by atoms with Crippen molar-refractivity contribution in [1.29, 1.82) is 0 Å². The average Bonchev–Trinajstić information content (AvgIpc) is 1.87. The fraction of sp³-hybridized carbons (Fsp3) is 1.00. The van der Waals surface area contributed by atoms with Gasteiger partial charge in [-0.25, -0.2) is 0 Å². The van der Waals surface area contributed by atoms with E-state index in [4.69, 9.17) is 0 Å². The van der Waals surface area contributed by atoms with Crippen LogP contribution in [-0.2, 0) is 0 Å². The maximum absolute atomic E-state index is 2.39. The third-order valence-corrected chi connectivity index (χ3v) is 2.88. The van der Waals surface area contributed by atoms with Crippen LogP contribution in [0.5, 0.6) is 0 Å². The van der Waals surface area contributed by atoms with E-state index in [9.17, 15) is 0 Å². The Morgan fingerprint density at radius 1 is 1.00 bits per heavy atom. The van der Waals surface area contributed by atoms with Crippen LogP contribution in [0, 0.1) is 17.8 Å². The number of hydrogen-bond donors (Lipinski definition) is 0. The van der Waals surface area contributed by atoms with Crippen molar-refractivity contribution in [2.45, 2.75) is 54.9 Å². The quantitative estimate of drug-likeness (QED) is 0.491. The van der Waals surface area contributed by atoms with E-state index in [1.807, 2.05) is 13.8 Å². The summed E-state index contributed by atoms with van der Waals surface area (Å²) in [4.78, 5) is 0. The van der Waals surface area contributed by atoms with Crippen molar-refractivity contribution >= 4 is 0 Å². The Balaban J connectivity index is 0. The van der Waals surface area contributed by atoms with E-state index in [1.165, 1.54) is 11.8 Å². The Morgan fingerprint density at radius 2 is 1.55 bits per heavy atom. The summed E-state index contributed by atoms with van der Waals surface area (Å²) in [6, 6.07) is 0. The van der Waals surface area contributed by atoms with Crippen LogP contribution in [0.25, 0.3) is 0 Å². The van der Waals surface area contributed by atoms with Gasteiger partial charge < -0.3 is 0 Å². The fourth-order valence-electron chi connectivity index (χ4n) is 2.09. The molecule has 3 atom stereocenters. The molecule has 2 rings (SSSR count). The van der Waals surface area contributed by atoms with Crippen LogP contribution in [0.1, 0.15) is 54.9 Å².